The van der Waals surface area contributed by atoms with Crippen molar-refractivity contribution in [1.29, 1.82) is 0 Å². The molecule has 2 heterocycles. The van der Waals surface area contributed by atoms with Gasteiger partial charge < -0.3 is 4.74 Å². The largest absolute Gasteiger partial charge is 0.381 e. The molecule has 116 valence electrons. The highest BCUT2D eigenvalue weighted by atomic mass is 35.5. The second-order valence-electron chi connectivity index (χ2n) is 5.60. The normalized spacial score (nSPS) is 29.8. The molecule has 0 aliphatic carbocycles. The van der Waals surface area contributed by atoms with Gasteiger partial charge in [0, 0.05) is 19.2 Å². The third-order valence-corrected chi connectivity index (χ3v) is 7.37. The lowest BCUT2D eigenvalue weighted by molar-refractivity contribution is 0.0349. The summed E-state index contributed by atoms with van der Waals surface area (Å²) in [5.74, 6) is 0. The molecule has 2 saturated heterocycles. The van der Waals surface area contributed by atoms with E-state index in [0.29, 0.717) is 0 Å². The van der Waals surface area contributed by atoms with Crippen molar-refractivity contribution >= 4 is 33.2 Å². The van der Waals surface area contributed by atoms with Crippen molar-refractivity contribution in [3.8, 4) is 0 Å². The van der Waals surface area contributed by atoms with Crippen molar-refractivity contribution in [3.63, 3.8) is 0 Å². The summed E-state index contributed by atoms with van der Waals surface area (Å²) < 4.78 is 33.0. The Hall–Kier alpha value is -0.330. The number of sulfonamides is 1. The number of benzene rings is 1. The minimum absolute atomic E-state index is 0.0222. The van der Waals surface area contributed by atoms with Gasteiger partial charge in [-0.05, 0) is 37.8 Å². The van der Waals surface area contributed by atoms with Gasteiger partial charge in [0.05, 0.1) is 16.1 Å². The number of rotatable bonds is 3. The van der Waals surface area contributed by atoms with E-state index in [9.17, 15) is 8.42 Å². The lowest BCUT2D eigenvalue weighted by atomic mass is 10.0. The summed E-state index contributed by atoms with van der Waals surface area (Å²) in [7, 11) is -2.00. The molecule has 2 aliphatic rings. The highest BCUT2D eigenvalue weighted by molar-refractivity contribution is 7.89. The van der Waals surface area contributed by atoms with E-state index in [1.807, 2.05) is 0 Å². The number of hydrogen-bond acceptors (Lipinski definition) is 3. The molecular weight excluding hydrogens is 333 g/mol. The van der Waals surface area contributed by atoms with Gasteiger partial charge in [-0.2, -0.15) is 4.31 Å². The summed E-state index contributed by atoms with van der Waals surface area (Å²) in [6.45, 7) is 0. The monoisotopic (exact) mass is 349 g/mol. The molecule has 1 aromatic carbocycles. The SMILES string of the molecule is COC1CC2CCC(C1)N2S(=O)(=O)c1c(Cl)cccc1Cl. The number of nitrogens with zero attached hydrogens (tertiary/aromatic N) is 1. The highest BCUT2D eigenvalue weighted by Crippen LogP contribution is 2.43. The van der Waals surface area contributed by atoms with Crippen LogP contribution in [0.5, 0.6) is 0 Å². The summed E-state index contributed by atoms with van der Waals surface area (Å²) >= 11 is 12.2. The molecule has 3 rings (SSSR count). The first-order valence-corrected chi connectivity index (χ1v) is 9.15. The Kier molecular flexibility index (Phi) is 4.23. The summed E-state index contributed by atoms with van der Waals surface area (Å²) in [6, 6.07) is 4.72. The number of piperidine rings is 1. The Morgan fingerprint density at radius 1 is 1.14 bits per heavy atom. The van der Waals surface area contributed by atoms with Crippen LogP contribution >= 0.6 is 23.2 Å². The highest BCUT2D eigenvalue weighted by Gasteiger charge is 2.48. The number of methoxy groups -OCH3 is 1. The van der Waals surface area contributed by atoms with Gasteiger partial charge >= 0.3 is 0 Å². The van der Waals surface area contributed by atoms with Crippen LogP contribution in [0.3, 0.4) is 0 Å². The standard InChI is InChI=1S/C14H17Cl2NO3S/c1-20-11-7-9-5-6-10(8-11)17(9)21(18,19)14-12(15)3-2-4-13(14)16/h2-4,9-11H,5-8H2,1H3. The van der Waals surface area contributed by atoms with Crippen molar-refractivity contribution in [2.24, 2.45) is 0 Å². The quantitative estimate of drug-likeness (QED) is 0.840. The molecular formula is C14H17Cl2NO3S. The molecule has 2 fully saturated rings. The summed E-state index contributed by atoms with van der Waals surface area (Å²) in [5.41, 5.74) is 0. The minimum Gasteiger partial charge on any atom is -0.381 e. The maximum atomic E-state index is 13.0. The Morgan fingerprint density at radius 2 is 1.67 bits per heavy atom. The van der Waals surface area contributed by atoms with Crippen LogP contribution in [0.4, 0.5) is 0 Å². The molecule has 0 N–H and O–H groups in total. The first kappa shape index (κ1) is 15.6. The van der Waals surface area contributed by atoms with E-state index >= 15 is 0 Å². The van der Waals surface area contributed by atoms with Crippen molar-refractivity contribution in [2.45, 2.75) is 48.8 Å². The Morgan fingerprint density at radius 3 is 2.14 bits per heavy atom. The molecule has 2 bridgehead atoms. The maximum absolute atomic E-state index is 13.0. The van der Waals surface area contributed by atoms with Gasteiger partial charge in [-0.25, -0.2) is 8.42 Å². The fourth-order valence-electron chi connectivity index (χ4n) is 3.50. The van der Waals surface area contributed by atoms with E-state index in [-0.39, 0.29) is 33.1 Å². The second-order valence-corrected chi connectivity index (χ2v) is 8.19. The number of hydrogen-bond donors (Lipinski definition) is 0. The van der Waals surface area contributed by atoms with Crippen LogP contribution in [0, 0.1) is 0 Å². The summed E-state index contributed by atoms with van der Waals surface area (Å²) in [5, 5.41) is 0.353. The van der Waals surface area contributed by atoms with Crippen molar-refractivity contribution in [1.82, 2.24) is 4.31 Å². The van der Waals surface area contributed by atoms with Crippen LogP contribution in [-0.2, 0) is 14.8 Å². The molecule has 2 atom stereocenters. The zero-order valence-corrected chi connectivity index (χ0v) is 14.0. The van der Waals surface area contributed by atoms with Crippen molar-refractivity contribution < 1.29 is 13.2 Å². The summed E-state index contributed by atoms with van der Waals surface area (Å²) in [6.07, 6.45) is 3.33. The van der Waals surface area contributed by atoms with Crippen molar-refractivity contribution in [2.75, 3.05) is 7.11 Å². The predicted molar refractivity (Wildman–Crippen MR) is 82.3 cm³/mol. The van der Waals surface area contributed by atoms with Gasteiger partial charge in [-0.3, -0.25) is 0 Å². The van der Waals surface area contributed by atoms with Gasteiger partial charge in [0.15, 0.2) is 0 Å². The van der Waals surface area contributed by atoms with Crippen LogP contribution in [0.15, 0.2) is 23.1 Å². The van der Waals surface area contributed by atoms with Gasteiger partial charge in [-0.15, -0.1) is 0 Å². The number of ether oxygens (including phenoxy) is 1. The number of halogens is 2. The molecule has 21 heavy (non-hydrogen) atoms. The Balaban J connectivity index is 2.01. The van der Waals surface area contributed by atoms with Gasteiger partial charge in [0.2, 0.25) is 10.0 Å². The first-order valence-electron chi connectivity index (χ1n) is 6.95. The van der Waals surface area contributed by atoms with E-state index in [4.69, 9.17) is 27.9 Å². The van der Waals surface area contributed by atoms with Crippen LogP contribution in [0.1, 0.15) is 25.7 Å². The van der Waals surface area contributed by atoms with Crippen LogP contribution in [-0.4, -0.2) is 38.0 Å². The molecule has 7 heteroatoms. The lowest BCUT2D eigenvalue weighted by Gasteiger charge is -2.37. The van der Waals surface area contributed by atoms with Gasteiger partial charge in [0.1, 0.15) is 4.90 Å². The van der Waals surface area contributed by atoms with Crippen LogP contribution in [0.2, 0.25) is 10.0 Å². The molecule has 0 saturated carbocycles. The van der Waals surface area contributed by atoms with Crippen molar-refractivity contribution in [3.05, 3.63) is 28.2 Å². The second kappa shape index (κ2) is 5.70. The molecule has 0 spiro atoms. The fourth-order valence-corrected chi connectivity index (χ4v) is 6.49. The first-order chi connectivity index (χ1) is 9.95. The Bertz CT molecular complexity index is 615. The molecule has 4 nitrogen and oxygen atoms in total. The van der Waals surface area contributed by atoms with Crippen LogP contribution < -0.4 is 0 Å². The van der Waals surface area contributed by atoms with E-state index in [0.717, 1.165) is 25.7 Å². The van der Waals surface area contributed by atoms with Gasteiger partial charge in [0.25, 0.3) is 0 Å². The third kappa shape index (κ3) is 2.59. The molecule has 0 radical (unpaired) electrons. The molecule has 1 aromatic rings. The summed E-state index contributed by atoms with van der Waals surface area (Å²) in [4.78, 5) is 0.0288. The minimum atomic E-state index is -3.68. The van der Waals surface area contributed by atoms with Crippen LogP contribution in [0.25, 0.3) is 0 Å². The lowest BCUT2D eigenvalue weighted by Crippen LogP contribution is -2.48. The van der Waals surface area contributed by atoms with E-state index in [1.165, 1.54) is 0 Å². The zero-order valence-electron chi connectivity index (χ0n) is 11.6. The van der Waals surface area contributed by atoms with E-state index < -0.39 is 10.0 Å². The third-order valence-electron chi connectivity index (χ3n) is 4.41. The predicted octanol–water partition coefficient (Wildman–Crippen LogP) is 3.32. The van der Waals surface area contributed by atoms with Gasteiger partial charge in [-0.1, -0.05) is 29.3 Å². The maximum Gasteiger partial charge on any atom is 0.246 e. The van der Waals surface area contributed by atoms with E-state index in [2.05, 4.69) is 0 Å². The average Bonchev–Trinajstić information content (AvgIpc) is 2.70. The molecule has 2 unspecified atom stereocenters. The van der Waals surface area contributed by atoms with E-state index in [1.54, 1.807) is 29.6 Å². The molecule has 0 amide bonds. The number of fused-ring (bicyclic) bond motifs is 2. The fraction of sp³-hybridized carbons (Fsp3) is 0.571. The molecule has 2 aliphatic heterocycles. The molecule has 0 aromatic heterocycles. The topological polar surface area (TPSA) is 46.6 Å². The smallest absolute Gasteiger partial charge is 0.246 e. The zero-order chi connectivity index (χ0) is 15.2. The average molecular weight is 350 g/mol. The Labute approximate surface area is 135 Å².